The number of nitrogen functional groups attached to an aromatic ring is 2. The highest BCUT2D eigenvalue weighted by molar-refractivity contribution is 5.51. The first-order chi connectivity index (χ1) is 7.66. The summed E-state index contributed by atoms with van der Waals surface area (Å²) in [4.78, 5) is 0. The number of hydrogen-bond acceptors (Lipinski definition) is 2. The molecule has 0 aliphatic carbocycles. The van der Waals surface area contributed by atoms with Gasteiger partial charge in [0, 0.05) is 11.4 Å². The average Bonchev–Trinajstić information content (AvgIpc) is 2.27. The van der Waals surface area contributed by atoms with Crippen molar-refractivity contribution >= 4 is 11.4 Å². The van der Waals surface area contributed by atoms with Gasteiger partial charge >= 0.3 is 0 Å². The Bertz CT molecular complexity index is 504. The minimum atomic E-state index is 0.801. The van der Waals surface area contributed by atoms with Gasteiger partial charge in [-0.05, 0) is 48.2 Å². The van der Waals surface area contributed by atoms with E-state index in [-0.39, 0.29) is 0 Å². The third kappa shape index (κ3) is 2.16. The fourth-order valence-electron chi connectivity index (χ4n) is 1.78. The predicted octanol–water partition coefficient (Wildman–Crippen LogP) is 2.75. The van der Waals surface area contributed by atoms with Crippen LogP contribution in [-0.2, 0) is 6.42 Å². The quantitative estimate of drug-likeness (QED) is 0.752. The summed E-state index contributed by atoms with van der Waals surface area (Å²) in [6, 6.07) is 13.9. The minimum Gasteiger partial charge on any atom is -0.399 e. The lowest BCUT2D eigenvalue weighted by atomic mass is 9.99. The zero-order chi connectivity index (χ0) is 11.5. The summed E-state index contributed by atoms with van der Waals surface area (Å²) in [6.07, 6.45) is 0.837. The van der Waals surface area contributed by atoms with E-state index in [1.54, 1.807) is 0 Å². The SMILES string of the molecule is Cc1ccc(N)cc1Cc1ccccc1N. The van der Waals surface area contributed by atoms with Crippen molar-refractivity contribution in [3.05, 3.63) is 59.2 Å². The highest BCUT2D eigenvalue weighted by atomic mass is 14.6. The molecule has 0 unspecified atom stereocenters. The van der Waals surface area contributed by atoms with Crippen LogP contribution in [0.4, 0.5) is 11.4 Å². The fourth-order valence-corrected chi connectivity index (χ4v) is 1.78. The molecule has 0 amide bonds. The van der Waals surface area contributed by atoms with Gasteiger partial charge in [-0.2, -0.15) is 0 Å². The number of hydrogen-bond donors (Lipinski definition) is 2. The molecule has 2 aromatic carbocycles. The van der Waals surface area contributed by atoms with Gasteiger partial charge in [-0.15, -0.1) is 0 Å². The molecular weight excluding hydrogens is 196 g/mol. The van der Waals surface area contributed by atoms with E-state index in [1.165, 1.54) is 11.1 Å². The van der Waals surface area contributed by atoms with Crippen LogP contribution >= 0.6 is 0 Å². The molecule has 0 fully saturated rings. The number of rotatable bonds is 2. The summed E-state index contributed by atoms with van der Waals surface area (Å²) in [5.41, 5.74) is 17.0. The maximum atomic E-state index is 5.93. The van der Waals surface area contributed by atoms with Gasteiger partial charge in [0.05, 0.1) is 0 Å². The van der Waals surface area contributed by atoms with Crippen LogP contribution in [0.25, 0.3) is 0 Å². The van der Waals surface area contributed by atoms with Gasteiger partial charge in [0.25, 0.3) is 0 Å². The summed E-state index contributed by atoms with van der Waals surface area (Å²) in [5, 5.41) is 0. The zero-order valence-electron chi connectivity index (χ0n) is 9.40. The molecule has 0 aliphatic rings. The highest BCUT2D eigenvalue weighted by Gasteiger charge is 2.03. The Kier molecular flexibility index (Phi) is 2.82. The molecule has 16 heavy (non-hydrogen) atoms. The molecule has 0 heterocycles. The van der Waals surface area contributed by atoms with Gasteiger partial charge in [-0.1, -0.05) is 24.3 Å². The first kappa shape index (κ1) is 10.6. The summed E-state index contributed by atoms with van der Waals surface area (Å²) < 4.78 is 0. The van der Waals surface area contributed by atoms with Crippen LogP contribution in [-0.4, -0.2) is 0 Å². The molecule has 2 aromatic rings. The van der Waals surface area contributed by atoms with Crippen molar-refractivity contribution in [2.24, 2.45) is 0 Å². The second-order valence-electron chi connectivity index (χ2n) is 4.06. The van der Waals surface area contributed by atoms with Gasteiger partial charge in [0.2, 0.25) is 0 Å². The lowest BCUT2D eigenvalue weighted by Crippen LogP contribution is -1.98. The van der Waals surface area contributed by atoms with Crippen molar-refractivity contribution in [2.75, 3.05) is 11.5 Å². The number of para-hydroxylation sites is 1. The zero-order valence-corrected chi connectivity index (χ0v) is 9.40. The molecule has 0 aliphatic heterocycles. The molecule has 0 saturated carbocycles. The highest BCUT2D eigenvalue weighted by Crippen LogP contribution is 2.20. The van der Waals surface area contributed by atoms with E-state index in [2.05, 4.69) is 13.0 Å². The second kappa shape index (κ2) is 4.27. The van der Waals surface area contributed by atoms with E-state index in [4.69, 9.17) is 11.5 Å². The van der Waals surface area contributed by atoms with Crippen molar-refractivity contribution in [1.29, 1.82) is 0 Å². The van der Waals surface area contributed by atoms with E-state index < -0.39 is 0 Å². The van der Waals surface area contributed by atoms with Crippen molar-refractivity contribution < 1.29 is 0 Å². The van der Waals surface area contributed by atoms with Crippen molar-refractivity contribution in [1.82, 2.24) is 0 Å². The van der Waals surface area contributed by atoms with E-state index in [0.29, 0.717) is 0 Å². The average molecular weight is 212 g/mol. The van der Waals surface area contributed by atoms with Gasteiger partial charge < -0.3 is 11.5 Å². The lowest BCUT2D eigenvalue weighted by molar-refractivity contribution is 1.16. The van der Waals surface area contributed by atoms with E-state index in [1.807, 2.05) is 36.4 Å². The monoisotopic (exact) mass is 212 g/mol. The fraction of sp³-hybridized carbons (Fsp3) is 0.143. The van der Waals surface area contributed by atoms with Crippen molar-refractivity contribution in [3.63, 3.8) is 0 Å². The molecule has 2 heteroatoms. The Morgan fingerprint density at radius 1 is 0.938 bits per heavy atom. The standard InChI is InChI=1S/C14H16N2/c1-10-6-7-13(15)9-12(10)8-11-4-2-3-5-14(11)16/h2-7,9H,8,15-16H2,1H3. The maximum Gasteiger partial charge on any atom is 0.0349 e. The van der Waals surface area contributed by atoms with Crippen LogP contribution in [0.2, 0.25) is 0 Å². The minimum absolute atomic E-state index is 0.801. The van der Waals surface area contributed by atoms with Crippen molar-refractivity contribution in [3.8, 4) is 0 Å². The normalized spacial score (nSPS) is 10.3. The third-order valence-corrected chi connectivity index (χ3v) is 2.81. The molecule has 0 spiro atoms. The maximum absolute atomic E-state index is 5.93. The number of nitrogens with two attached hydrogens (primary N) is 2. The molecule has 0 aromatic heterocycles. The van der Waals surface area contributed by atoms with Crippen LogP contribution in [0.5, 0.6) is 0 Å². The number of anilines is 2. The molecule has 0 atom stereocenters. The topological polar surface area (TPSA) is 52.0 Å². The molecule has 4 N–H and O–H groups in total. The molecular formula is C14H16N2. The van der Waals surface area contributed by atoms with Gasteiger partial charge in [0.1, 0.15) is 0 Å². The Balaban J connectivity index is 2.34. The predicted molar refractivity (Wildman–Crippen MR) is 69.3 cm³/mol. The Hall–Kier alpha value is -1.96. The Morgan fingerprint density at radius 3 is 2.44 bits per heavy atom. The summed E-state index contributed by atoms with van der Waals surface area (Å²) in [7, 11) is 0. The summed E-state index contributed by atoms with van der Waals surface area (Å²) in [5.74, 6) is 0. The van der Waals surface area contributed by atoms with Gasteiger partial charge in [-0.25, -0.2) is 0 Å². The molecule has 0 saturated heterocycles. The third-order valence-electron chi connectivity index (χ3n) is 2.81. The summed E-state index contributed by atoms with van der Waals surface area (Å²) >= 11 is 0. The smallest absolute Gasteiger partial charge is 0.0349 e. The number of benzene rings is 2. The summed E-state index contributed by atoms with van der Waals surface area (Å²) in [6.45, 7) is 2.09. The second-order valence-corrected chi connectivity index (χ2v) is 4.06. The van der Waals surface area contributed by atoms with Crippen molar-refractivity contribution in [2.45, 2.75) is 13.3 Å². The molecule has 0 radical (unpaired) electrons. The van der Waals surface area contributed by atoms with Crippen LogP contribution in [0, 0.1) is 6.92 Å². The lowest BCUT2D eigenvalue weighted by Gasteiger charge is -2.09. The van der Waals surface area contributed by atoms with Gasteiger partial charge in [0.15, 0.2) is 0 Å². The Labute approximate surface area is 95.9 Å². The van der Waals surface area contributed by atoms with Crippen LogP contribution in [0.1, 0.15) is 16.7 Å². The Morgan fingerprint density at radius 2 is 1.69 bits per heavy atom. The first-order valence-corrected chi connectivity index (χ1v) is 5.35. The van der Waals surface area contributed by atoms with E-state index >= 15 is 0 Å². The van der Waals surface area contributed by atoms with Crippen LogP contribution in [0.3, 0.4) is 0 Å². The van der Waals surface area contributed by atoms with Crippen LogP contribution in [0.15, 0.2) is 42.5 Å². The molecule has 0 bridgehead atoms. The van der Waals surface area contributed by atoms with Gasteiger partial charge in [-0.3, -0.25) is 0 Å². The number of aryl methyl sites for hydroxylation is 1. The first-order valence-electron chi connectivity index (χ1n) is 5.35. The largest absolute Gasteiger partial charge is 0.399 e. The molecule has 2 rings (SSSR count). The van der Waals surface area contributed by atoms with E-state index in [0.717, 1.165) is 23.4 Å². The van der Waals surface area contributed by atoms with E-state index in [9.17, 15) is 0 Å². The molecule has 2 nitrogen and oxygen atoms in total. The van der Waals surface area contributed by atoms with Crippen LogP contribution < -0.4 is 11.5 Å². The molecule has 82 valence electrons.